The molecule has 0 aromatic heterocycles. The predicted molar refractivity (Wildman–Crippen MR) is 42.4 cm³/mol. The van der Waals surface area contributed by atoms with Gasteiger partial charge in [-0.25, -0.2) is 0 Å². The Bertz CT molecular complexity index is 319. The summed E-state index contributed by atoms with van der Waals surface area (Å²) >= 11 is 0. The number of hydrogen-bond acceptors (Lipinski definition) is 1. The van der Waals surface area contributed by atoms with Crippen molar-refractivity contribution >= 4 is 0 Å². The van der Waals surface area contributed by atoms with E-state index in [1.165, 1.54) is 18.2 Å². The van der Waals surface area contributed by atoms with Crippen LogP contribution in [0.25, 0.3) is 0 Å². The third-order valence-electron chi connectivity index (χ3n) is 1.81. The molecule has 1 atom stereocenters. The quantitative estimate of drug-likeness (QED) is 0.768. The van der Waals surface area contributed by atoms with Crippen molar-refractivity contribution in [3.63, 3.8) is 0 Å². The molecule has 0 bridgehead atoms. The molecule has 0 aliphatic rings. The van der Waals surface area contributed by atoms with Crippen LogP contribution in [-0.4, -0.2) is 17.4 Å². The molecular weight excluding hydrogens is 219 g/mol. The number of benzene rings is 1. The Hall–Kier alpha value is -1.17. The molecule has 1 rings (SSSR count). The van der Waals surface area contributed by atoms with Crippen molar-refractivity contribution in [2.45, 2.75) is 18.2 Å². The van der Waals surface area contributed by atoms with E-state index in [2.05, 4.69) is 0 Å². The lowest BCUT2D eigenvalue weighted by Crippen LogP contribution is -2.42. The summed E-state index contributed by atoms with van der Waals surface area (Å²) in [5, 5.41) is 8.49. The smallest absolute Gasteiger partial charge is 0.379 e. The molecule has 0 fully saturated rings. The summed E-state index contributed by atoms with van der Waals surface area (Å²) in [6.07, 6.45) is -9.04. The third-order valence-corrected chi connectivity index (χ3v) is 1.81. The first-order valence-corrected chi connectivity index (χ1v) is 3.94. The Morgan fingerprint density at radius 3 is 1.80 bits per heavy atom. The molecular formula is C9H7F5O. The first-order valence-electron chi connectivity index (χ1n) is 3.94. The van der Waals surface area contributed by atoms with Gasteiger partial charge in [-0.15, -0.1) is 0 Å². The molecule has 0 aliphatic heterocycles. The van der Waals surface area contributed by atoms with E-state index < -0.39 is 23.8 Å². The summed E-state index contributed by atoms with van der Waals surface area (Å²) in [7, 11) is 0. The molecule has 0 aliphatic carbocycles. The van der Waals surface area contributed by atoms with Crippen LogP contribution in [0, 0.1) is 0 Å². The Morgan fingerprint density at radius 1 is 0.933 bits per heavy atom. The van der Waals surface area contributed by atoms with Gasteiger partial charge in [0.1, 0.15) is 0 Å². The van der Waals surface area contributed by atoms with E-state index in [0.717, 1.165) is 12.1 Å². The monoisotopic (exact) mass is 226 g/mol. The zero-order valence-electron chi connectivity index (χ0n) is 7.30. The number of hydrogen-bond donors (Lipinski definition) is 1. The fourth-order valence-corrected chi connectivity index (χ4v) is 1.02. The summed E-state index contributed by atoms with van der Waals surface area (Å²) in [5.41, 5.74) is -0.866. The van der Waals surface area contributed by atoms with Crippen LogP contribution in [0.1, 0.15) is 5.56 Å². The summed E-state index contributed by atoms with van der Waals surface area (Å²) in [4.78, 5) is 0. The first-order chi connectivity index (χ1) is 6.76. The Balaban J connectivity index is 3.03. The van der Waals surface area contributed by atoms with Crippen LogP contribution in [-0.2, 0) is 5.92 Å². The first kappa shape index (κ1) is 11.9. The van der Waals surface area contributed by atoms with Gasteiger partial charge in [-0.3, -0.25) is 0 Å². The minimum atomic E-state index is -5.35. The van der Waals surface area contributed by atoms with Crippen LogP contribution >= 0.6 is 0 Å². The van der Waals surface area contributed by atoms with Crippen molar-refractivity contribution < 1.29 is 27.1 Å². The molecule has 1 aromatic rings. The second kappa shape index (κ2) is 3.77. The fraction of sp³-hybridized carbons (Fsp3) is 0.333. The largest absolute Gasteiger partial charge is 0.420 e. The van der Waals surface area contributed by atoms with Crippen molar-refractivity contribution in [2.75, 3.05) is 0 Å². The highest BCUT2D eigenvalue weighted by molar-refractivity contribution is 5.21. The van der Waals surface area contributed by atoms with Gasteiger partial charge in [0, 0.05) is 5.56 Å². The maximum atomic E-state index is 13.1. The molecule has 1 nitrogen and oxygen atoms in total. The molecule has 0 amide bonds. The van der Waals surface area contributed by atoms with Crippen LogP contribution in [0.5, 0.6) is 0 Å². The number of aliphatic hydroxyl groups is 1. The number of rotatable bonds is 2. The lowest BCUT2D eigenvalue weighted by Gasteiger charge is -2.24. The van der Waals surface area contributed by atoms with Gasteiger partial charge in [0.2, 0.25) is 6.10 Å². The minimum Gasteiger partial charge on any atom is -0.379 e. The summed E-state index contributed by atoms with van der Waals surface area (Å²) in [6.45, 7) is 0. The summed E-state index contributed by atoms with van der Waals surface area (Å²) in [5.74, 6) is -4.33. The van der Waals surface area contributed by atoms with E-state index in [-0.39, 0.29) is 0 Å². The SMILES string of the molecule is O[C@@H](C(F)(F)F)C(F)(F)c1ccccc1. The lowest BCUT2D eigenvalue weighted by molar-refractivity contribution is -0.273. The molecule has 0 unspecified atom stereocenters. The number of aliphatic hydroxyl groups excluding tert-OH is 1. The third kappa shape index (κ3) is 2.44. The van der Waals surface area contributed by atoms with Gasteiger partial charge in [-0.2, -0.15) is 22.0 Å². The van der Waals surface area contributed by atoms with Gasteiger partial charge >= 0.3 is 12.1 Å². The van der Waals surface area contributed by atoms with Crippen molar-refractivity contribution in [2.24, 2.45) is 0 Å². The fourth-order valence-electron chi connectivity index (χ4n) is 1.02. The van der Waals surface area contributed by atoms with E-state index in [9.17, 15) is 22.0 Å². The molecule has 0 saturated carbocycles. The molecule has 0 heterocycles. The molecule has 0 radical (unpaired) electrons. The average Bonchev–Trinajstić information content (AvgIpc) is 2.16. The molecule has 84 valence electrons. The Kier molecular flexibility index (Phi) is 2.99. The van der Waals surface area contributed by atoms with Crippen molar-refractivity contribution in [3.8, 4) is 0 Å². The van der Waals surface area contributed by atoms with Crippen LogP contribution in [0.2, 0.25) is 0 Å². The topological polar surface area (TPSA) is 20.2 Å². The van der Waals surface area contributed by atoms with Crippen LogP contribution in [0.3, 0.4) is 0 Å². The average molecular weight is 226 g/mol. The number of alkyl halides is 5. The second-order valence-electron chi connectivity index (χ2n) is 2.93. The van der Waals surface area contributed by atoms with E-state index >= 15 is 0 Å². The highest BCUT2D eigenvalue weighted by Crippen LogP contribution is 2.39. The molecule has 6 heteroatoms. The molecule has 0 spiro atoms. The Labute approximate surface area is 82.1 Å². The zero-order chi connectivity index (χ0) is 11.7. The Morgan fingerprint density at radius 2 is 1.40 bits per heavy atom. The standard InChI is InChI=1S/C9H7F5O/c10-8(11,7(15)9(12,13)14)6-4-2-1-3-5-6/h1-5,7,15H/t7-/m1/s1. The highest BCUT2D eigenvalue weighted by Gasteiger charge is 2.55. The van der Waals surface area contributed by atoms with E-state index in [0.29, 0.717) is 0 Å². The van der Waals surface area contributed by atoms with Crippen LogP contribution in [0.15, 0.2) is 30.3 Å². The van der Waals surface area contributed by atoms with Crippen molar-refractivity contribution in [3.05, 3.63) is 35.9 Å². The van der Waals surface area contributed by atoms with Gasteiger partial charge < -0.3 is 5.11 Å². The van der Waals surface area contributed by atoms with Crippen LogP contribution < -0.4 is 0 Å². The van der Waals surface area contributed by atoms with Gasteiger partial charge in [0.05, 0.1) is 0 Å². The minimum absolute atomic E-state index is 0.828. The van der Waals surface area contributed by atoms with E-state index in [1.807, 2.05) is 0 Å². The van der Waals surface area contributed by atoms with E-state index in [4.69, 9.17) is 5.11 Å². The summed E-state index contributed by atoms with van der Waals surface area (Å²) < 4.78 is 61.9. The van der Waals surface area contributed by atoms with Gasteiger partial charge in [-0.1, -0.05) is 30.3 Å². The van der Waals surface area contributed by atoms with Gasteiger partial charge in [0.15, 0.2) is 0 Å². The number of halogens is 5. The molecule has 1 aromatic carbocycles. The van der Waals surface area contributed by atoms with Crippen molar-refractivity contribution in [1.29, 1.82) is 0 Å². The summed E-state index contributed by atoms with van der Waals surface area (Å²) in [6, 6.07) is 5.39. The van der Waals surface area contributed by atoms with Gasteiger partial charge in [0.25, 0.3) is 0 Å². The normalized spacial score (nSPS) is 15.1. The molecule has 0 saturated heterocycles. The molecule has 15 heavy (non-hydrogen) atoms. The molecule has 1 N–H and O–H groups in total. The van der Waals surface area contributed by atoms with Crippen molar-refractivity contribution in [1.82, 2.24) is 0 Å². The predicted octanol–water partition coefficient (Wildman–Crippen LogP) is 2.70. The van der Waals surface area contributed by atoms with Gasteiger partial charge in [-0.05, 0) is 0 Å². The lowest BCUT2D eigenvalue weighted by atomic mass is 10.0. The zero-order valence-corrected chi connectivity index (χ0v) is 7.30. The maximum absolute atomic E-state index is 13.1. The van der Waals surface area contributed by atoms with Crippen LogP contribution in [0.4, 0.5) is 22.0 Å². The second-order valence-corrected chi connectivity index (χ2v) is 2.93. The highest BCUT2D eigenvalue weighted by atomic mass is 19.4. The van der Waals surface area contributed by atoms with E-state index in [1.54, 1.807) is 0 Å². The maximum Gasteiger partial charge on any atom is 0.420 e.